The van der Waals surface area contributed by atoms with Gasteiger partial charge >= 0.3 is 0 Å². The standard InChI is InChI=1S/C27H18O/c28-26(16-14-19-13-15-20-7-1-2-8-21(20)17-19)27-24-11-5-3-9-22(24)18-23-10-4-6-12-25(23)27/h1-18H. The predicted molar refractivity (Wildman–Crippen MR) is 119 cm³/mol. The number of rotatable bonds is 3. The molecule has 5 rings (SSSR count). The Bertz CT molecular complexity index is 1320. The van der Waals surface area contributed by atoms with Crippen LogP contribution in [0.4, 0.5) is 0 Å². The molecule has 0 aliphatic rings. The van der Waals surface area contributed by atoms with Gasteiger partial charge in [0.15, 0.2) is 5.78 Å². The lowest BCUT2D eigenvalue weighted by molar-refractivity contribution is 0.105. The molecule has 0 saturated heterocycles. The normalized spacial score (nSPS) is 11.6. The molecule has 0 aliphatic carbocycles. The summed E-state index contributed by atoms with van der Waals surface area (Å²) in [7, 11) is 0. The summed E-state index contributed by atoms with van der Waals surface area (Å²) >= 11 is 0. The second kappa shape index (κ2) is 6.79. The zero-order valence-corrected chi connectivity index (χ0v) is 15.3. The summed E-state index contributed by atoms with van der Waals surface area (Å²) in [5.74, 6) is 0.0289. The van der Waals surface area contributed by atoms with E-state index in [-0.39, 0.29) is 5.78 Å². The summed E-state index contributed by atoms with van der Waals surface area (Å²) in [5.41, 5.74) is 1.79. The average Bonchev–Trinajstić information content (AvgIpc) is 2.75. The highest BCUT2D eigenvalue weighted by Gasteiger charge is 2.12. The number of ketones is 1. The quantitative estimate of drug-likeness (QED) is 0.192. The lowest BCUT2D eigenvalue weighted by Gasteiger charge is -2.09. The summed E-state index contributed by atoms with van der Waals surface area (Å²) in [6, 6.07) is 32.8. The molecule has 0 aromatic heterocycles. The van der Waals surface area contributed by atoms with Crippen LogP contribution in [0.1, 0.15) is 15.9 Å². The van der Waals surface area contributed by atoms with Crippen LogP contribution >= 0.6 is 0 Å². The first kappa shape index (κ1) is 16.5. The smallest absolute Gasteiger partial charge is 0.187 e. The summed E-state index contributed by atoms with van der Waals surface area (Å²) in [4.78, 5) is 13.2. The summed E-state index contributed by atoms with van der Waals surface area (Å²) in [6.45, 7) is 0. The fourth-order valence-corrected chi connectivity index (χ4v) is 3.85. The number of allylic oxidation sites excluding steroid dienone is 1. The number of benzene rings is 5. The lowest BCUT2D eigenvalue weighted by atomic mass is 9.94. The summed E-state index contributed by atoms with van der Waals surface area (Å²) < 4.78 is 0. The summed E-state index contributed by atoms with van der Waals surface area (Å²) in [6.07, 6.45) is 3.60. The Balaban J connectivity index is 1.62. The molecular formula is C27H18O. The van der Waals surface area contributed by atoms with Crippen molar-refractivity contribution in [2.45, 2.75) is 0 Å². The van der Waals surface area contributed by atoms with Gasteiger partial charge in [-0.25, -0.2) is 0 Å². The molecule has 0 unspecified atom stereocenters. The predicted octanol–water partition coefficient (Wildman–Crippen LogP) is 7.04. The highest BCUT2D eigenvalue weighted by atomic mass is 16.1. The van der Waals surface area contributed by atoms with E-state index in [4.69, 9.17) is 0 Å². The van der Waals surface area contributed by atoms with Crippen molar-refractivity contribution in [1.29, 1.82) is 0 Å². The van der Waals surface area contributed by atoms with E-state index in [1.807, 2.05) is 60.7 Å². The molecule has 0 atom stereocenters. The van der Waals surface area contributed by atoms with E-state index in [1.54, 1.807) is 6.08 Å². The first-order chi connectivity index (χ1) is 13.8. The third-order valence-corrected chi connectivity index (χ3v) is 5.22. The van der Waals surface area contributed by atoms with Gasteiger partial charge in [-0.1, -0.05) is 91.0 Å². The van der Waals surface area contributed by atoms with Gasteiger partial charge in [0.25, 0.3) is 0 Å². The van der Waals surface area contributed by atoms with Gasteiger partial charge in [-0.3, -0.25) is 4.79 Å². The second-order valence-corrected chi connectivity index (χ2v) is 7.00. The fraction of sp³-hybridized carbons (Fsp3) is 0. The van der Waals surface area contributed by atoms with E-state index in [1.165, 1.54) is 10.8 Å². The van der Waals surface area contributed by atoms with Crippen LogP contribution in [0.5, 0.6) is 0 Å². The molecule has 132 valence electrons. The van der Waals surface area contributed by atoms with E-state index in [9.17, 15) is 4.79 Å². The molecule has 0 radical (unpaired) electrons. The van der Waals surface area contributed by atoms with Crippen molar-refractivity contribution >= 4 is 44.2 Å². The van der Waals surface area contributed by atoms with Crippen molar-refractivity contribution in [3.05, 3.63) is 114 Å². The Kier molecular flexibility index (Phi) is 3.99. The highest BCUT2D eigenvalue weighted by Crippen LogP contribution is 2.29. The second-order valence-electron chi connectivity index (χ2n) is 7.00. The zero-order chi connectivity index (χ0) is 18.9. The number of hydrogen-bond donors (Lipinski definition) is 0. The van der Waals surface area contributed by atoms with Gasteiger partial charge in [-0.15, -0.1) is 0 Å². The highest BCUT2D eigenvalue weighted by molar-refractivity contribution is 6.23. The Morgan fingerprint density at radius 2 is 1.14 bits per heavy atom. The molecule has 0 spiro atoms. The molecule has 0 aliphatic heterocycles. The number of fused-ring (bicyclic) bond motifs is 3. The van der Waals surface area contributed by atoms with Crippen molar-refractivity contribution in [3.63, 3.8) is 0 Å². The SMILES string of the molecule is O=C(C=Cc1ccc2ccccc2c1)c1c2ccccc2cc2ccccc12. The van der Waals surface area contributed by atoms with Gasteiger partial charge in [-0.2, -0.15) is 0 Å². The molecule has 0 fully saturated rings. The van der Waals surface area contributed by atoms with Crippen LogP contribution in [0.2, 0.25) is 0 Å². The Hall–Kier alpha value is -3.71. The molecule has 0 heterocycles. The maximum atomic E-state index is 13.2. The molecular weight excluding hydrogens is 340 g/mol. The molecule has 1 nitrogen and oxygen atoms in total. The molecule has 5 aromatic carbocycles. The van der Waals surface area contributed by atoms with Gasteiger partial charge < -0.3 is 0 Å². The van der Waals surface area contributed by atoms with Crippen LogP contribution in [0.3, 0.4) is 0 Å². The molecule has 1 heteroatoms. The van der Waals surface area contributed by atoms with Crippen LogP contribution in [0.15, 0.2) is 103 Å². The molecule has 28 heavy (non-hydrogen) atoms. The van der Waals surface area contributed by atoms with Gasteiger partial charge in [0.2, 0.25) is 0 Å². The molecule has 0 bridgehead atoms. The molecule has 0 N–H and O–H groups in total. The Morgan fingerprint density at radius 3 is 1.82 bits per heavy atom. The third-order valence-electron chi connectivity index (χ3n) is 5.22. The minimum Gasteiger partial charge on any atom is -0.289 e. The molecule has 0 saturated carbocycles. The van der Waals surface area contributed by atoms with Crippen LogP contribution in [-0.4, -0.2) is 5.78 Å². The largest absolute Gasteiger partial charge is 0.289 e. The topological polar surface area (TPSA) is 17.1 Å². The van der Waals surface area contributed by atoms with Crippen LogP contribution < -0.4 is 0 Å². The number of hydrogen-bond acceptors (Lipinski definition) is 1. The van der Waals surface area contributed by atoms with Crippen molar-refractivity contribution in [1.82, 2.24) is 0 Å². The van der Waals surface area contributed by atoms with E-state index in [0.29, 0.717) is 0 Å². The minimum absolute atomic E-state index is 0.0289. The maximum absolute atomic E-state index is 13.2. The van der Waals surface area contributed by atoms with E-state index >= 15 is 0 Å². The monoisotopic (exact) mass is 358 g/mol. The number of carbonyl (C=O) groups is 1. The van der Waals surface area contributed by atoms with E-state index in [2.05, 4.69) is 42.5 Å². The fourth-order valence-electron chi connectivity index (χ4n) is 3.85. The van der Waals surface area contributed by atoms with Crippen molar-refractivity contribution in [2.24, 2.45) is 0 Å². The first-order valence-electron chi connectivity index (χ1n) is 9.41. The van der Waals surface area contributed by atoms with Gasteiger partial charge in [-0.05, 0) is 56.1 Å². The lowest BCUT2D eigenvalue weighted by Crippen LogP contribution is -1.98. The van der Waals surface area contributed by atoms with Gasteiger partial charge in [0.1, 0.15) is 0 Å². The van der Waals surface area contributed by atoms with E-state index < -0.39 is 0 Å². The van der Waals surface area contributed by atoms with Crippen LogP contribution in [0.25, 0.3) is 38.4 Å². The molecule has 0 amide bonds. The Morgan fingerprint density at radius 1 is 0.571 bits per heavy atom. The van der Waals surface area contributed by atoms with Gasteiger partial charge in [0, 0.05) is 5.56 Å². The zero-order valence-electron chi connectivity index (χ0n) is 15.3. The van der Waals surface area contributed by atoms with E-state index in [0.717, 1.165) is 32.7 Å². The summed E-state index contributed by atoms with van der Waals surface area (Å²) in [5, 5.41) is 6.54. The van der Waals surface area contributed by atoms with Crippen molar-refractivity contribution < 1.29 is 4.79 Å². The first-order valence-corrected chi connectivity index (χ1v) is 9.41. The van der Waals surface area contributed by atoms with Gasteiger partial charge in [0.05, 0.1) is 0 Å². The third kappa shape index (κ3) is 2.87. The minimum atomic E-state index is 0.0289. The average molecular weight is 358 g/mol. The number of carbonyl (C=O) groups excluding carboxylic acids is 1. The van der Waals surface area contributed by atoms with Crippen molar-refractivity contribution in [2.75, 3.05) is 0 Å². The van der Waals surface area contributed by atoms with Crippen LogP contribution in [0, 0.1) is 0 Å². The van der Waals surface area contributed by atoms with Crippen molar-refractivity contribution in [3.8, 4) is 0 Å². The molecule has 5 aromatic rings. The maximum Gasteiger partial charge on any atom is 0.187 e. The Labute approximate surface area is 163 Å². The van der Waals surface area contributed by atoms with Crippen LogP contribution in [-0.2, 0) is 0 Å².